The molecule has 0 saturated carbocycles. The van der Waals surface area contributed by atoms with E-state index in [2.05, 4.69) is 20.7 Å². The highest BCUT2D eigenvalue weighted by atomic mass is 79.9. The molecule has 1 fully saturated rings. The normalized spacial score (nSPS) is 21.5. The van der Waals surface area contributed by atoms with E-state index in [4.69, 9.17) is 0 Å². The van der Waals surface area contributed by atoms with Gasteiger partial charge in [0.25, 0.3) is 10.2 Å². The van der Waals surface area contributed by atoms with E-state index >= 15 is 0 Å². The van der Waals surface area contributed by atoms with E-state index in [9.17, 15) is 22.7 Å². The van der Waals surface area contributed by atoms with E-state index in [-0.39, 0.29) is 17.4 Å². The van der Waals surface area contributed by atoms with Crippen molar-refractivity contribution in [3.8, 4) is 0 Å². The maximum Gasteiger partial charge on any atom is 0.407 e. The fraction of sp³-hybridized carbons (Fsp3) is 0.500. The van der Waals surface area contributed by atoms with Crippen LogP contribution in [0.1, 0.15) is 12.0 Å². The highest BCUT2D eigenvalue weighted by Gasteiger charge is 2.39. The Labute approximate surface area is 148 Å². The molecular weight excluding hydrogens is 405 g/mol. The van der Waals surface area contributed by atoms with Gasteiger partial charge in [0.15, 0.2) is 0 Å². The minimum absolute atomic E-state index is 0.0815. The Kier molecular flexibility index (Phi) is 5.84. The highest BCUT2D eigenvalue weighted by Crippen LogP contribution is 2.26. The number of carboxylic acid groups (broad SMARTS) is 1. The van der Waals surface area contributed by atoms with Crippen LogP contribution in [0.4, 0.5) is 9.18 Å². The molecule has 0 spiro atoms. The summed E-state index contributed by atoms with van der Waals surface area (Å²) < 4.78 is 42.1. The summed E-state index contributed by atoms with van der Waals surface area (Å²) in [6, 6.07) is 3.47. The Hall–Kier alpha value is -1.23. The van der Waals surface area contributed by atoms with Crippen molar-refractivity contribution >= 4 is 32.2 Å². The van der Waals surface area contributed by atoms with E-state index < -0.39 is 34.2 Å². The van der Waals surface area contributed by atoms with Crippen molar-refractivity contribution in [3.05, 3.63) is 34.1 Å². The fourth-order valence-corrected chi connectivity index (χ4v) is 3.98. The van der Waals surface area contributed by atoms with Gasteiger partial charge in [0, 0.05) is 26.7 Å². The molecular formula is C14H19BrFN3O4S. The fourth-order valence-electron chi connectivity index (χ4n) is 2.71. The van der Waals surface area contributed by atoms with Gasteiger partial charge < -0.3 is 10.0 Å². The van der Waals surface area contributed by atoms with Crippen LogP contribution >= 0.6 is 15.9 Å². The molecule has 10 heteroatoms. The minimum atomic E-state index is -3.71. The van der Waals surface area contributed by atoms with Crippen LogP contribution in [-0.2, 0) is 16.6 Å². The van der Waals surface area contributed by atoms with Crippen molar-refractivity contribution in [2.45, 2.75) is 24.9 Å². The summed E-state index contributed by atoms with van der Waals surface area (Å²) in [5.41, 5.74) is 0.330. The maximum absolute atomic E-state index is 14.2. The van der Waals surface area contributed by atoms with E-state index in [0.717, 1.165) is 9.21 Å². The number of nitrogens with zero attached hydrogens (tertiary/aromatic N) is 2. The number of likely N-dealkylation sites (tertiary alicyclic amines) is 1. The first kappa shape index (κ1) is 19.1. The monoisotopic (exact) mass is 423 g/mol. The quantitative estimate of drug-likeness (QED) is 0.753. The summed E-state index contributed by atoms with van der Waals surface area (Å²) in [5, 5.41) is 9.35. The zero-order chi connectivity index (χ0) is 18.1. The van der Waals surface area contributed by atoms with Crippen LogP contribution in [0, 0.1) is 5.82 Å². The second-order valence-electron chi connectivity index (χ2n) is 5.76. The Balaban J connectivity index is 2.29. The predicted octanol–water partition coefficient (Wildman–Crippen LogP) is 1.65. The number of amides is 1. The predicted molar refractivity (Wildman–Crippen MR) is 90.5 cm³/mol. The zero-order valence-electron chi connectivity index (χ0n) is 13.2. The van der Waals surface area contributed by atoms with Crippen LogP contribution < -0.4 is 4.72 Å². The van der Waals surface area contributed by atoms with E-state index in [1.54, 1.807) is 18.2 Å². The molecule has 0 bridgehead atoms. The van der Waals surface area contributed by atoms with E-state index in [1.807, 2.05) is 0 Å². The Morgan fingerprint density at radius 3 is 2.75 bits per heavy atom. The van der Waals surface area contributed by atoms with Crippen molar-refractivity contribution in [3.63, 3.8) is 0 Å². The number of hydrogen-bond acceptors (Lipinski definition) is 3. The van der Waals surface area contributed by atoms with Gasteiger partial charge in [-0.15, -0.1) is 0 Å². The summed E-state index contributed by atoms with van der Waals surface area (Å²) in [6.45, 7) is 0.191. The lowest BCUT2D eigenvalue weighted by Gasteiger charge is -2.27. The van der Waals surface area contributed by atoms with Crippen molar-refractivity contribution in [1.29, 1.82) is 0 Å². The summed E-state index contributed by atoms with van der Waals surface area (Å²) in [6.07, 6.45) is -0.736. The molecule has 1 amide bonds. The van der Waals surface area contributed by atoms with Crippen molar-refractivity contribution in [2.24, 2.45) is 0 Å². The Bertz CT molecular complexity index is 729. The van der Waals surface area contributed by atoms with Crippen LogP contribution in [0.5, 0.6) is 0 Å². The molecule has 2 atom stereocenters. The minimum Gasteiger partial charge on any atom is -0.465 e. The molecule has 7 nitrogen and oxygen atoms in total. The molecule has 0 unspecified atom stereocenters. The van der Waals surface area contributed by atoms with Crippen LogP contribution in [0.15, 0.2) is 22.7 Å². The topological polar surface area (TPSA) is 90.0 Å². The van der Waals surface area contributed by atoms with Gasteiger partial charge in [-0.2, -0.15) is 17.4 Å². The number of rotatable bonds is 5. The Morgan fingerprint density at radius 2 is 2.17 bits per heavy atom. The van der Waals surface area contributed by atoms with Crippen molar-refractivity contribution in [1.82, 2.24) is 13.9 Å². The zero-order valence-corrected chi connectivity index (χ0v) is 15.6. The molecule has 134 valence electrons. The number of nitrogens with one attached hydrogen (secondary N) is 1. The van der Waals surface area contributed by atoms with Gasteiger partial charge in [-0.05, 0) is 40.4 Å². The third-order valence-electron chi connectivity index (χ3n) is 4.03. The van der Waals surface area contributed by atoms with E-state index in [1.165, 1.54) is 14.1 Å². The largest absolute Gasteiger partial charge is 0.465 e. The highest BCUT2D eigenvalue weighted by molar-refractivity contribution is 9.10. The summed E-state index contributed by atoms with van der Waals surface area (Å²) in [5.74, 6) is -0.469. The van der Waals surface area contributed by atoms with E-state index in [0.29, 0.717) is 12.0 Å². The second-order valence-corrected chi connectivity index (χ2v) is 8.53. The molecule has 0 aliphatic carbocycles. The van der Waals surface area contributed by atoms with Gasteiger partial charge in [-0.1, -0.05) is 12.1 Å². The molecule has 1 heterocycles. The van der Waals surface area contributed by atoms with Crippen LogP contribution in [-0.4, -0.2) is 61.5 Å². The first-order chi connectivity index (χ1) is 11.1. The number of benzene rings is 1. The molecule has 2 N–H and O–H groups in total. The lowest BCUT2D eigenvalue weighted by molar-refractivity contribution is 0.137. The van der Waals surface area contributed by atoms with Crippen molar-refractivity contribution in [2.75, 3.05) is 20.6 Å². The van der Waals surface area contributed by atoms with Crippen molar-refractivity contribution < 1.29 is 22.7 Å². The molecule has 2 rings (SSSR count). The van der Waals surface area contributed by atoms with Gasteiger partial charge in [0.05, 0.1) is 10.5 Å². The molecule has 0 aromatic heterocycles. The average Bonchev–Trinajstić information content (AvgIpc) is 2.86. The molecule has 24 heavy (non-hydrogen) atoms. The summed E-state index contributed by atoms with van der Waals surface area (Å²) >= 11 is 3.10. The number of hydrogen-bond donors (Lipinski definition) is 2. The maximum atomic E-state index is 14.2. The van der Waals surface area contributed by atoms with Gasteiger partial charge in [0.1, 0.15) is 5.82 Å². The summed E-state index contributed by atoms with van der Waals surface area (Å²) in [4.78, 5) is 12.6. The third kappa shape index (κ3) is 4.05. The Morgan fingerprint density at radius 1 is 1.50 bits per heavy atom. The lowest BCUT2D eigenvalue weighted by atomic mass is 10.0. The molecule has 1 aliphatic rings. The first-order valence-electron chi connectivity index (χ1n) is 7.25. The van der Waals surface area contributed by atoms with Crippen LogP contribution in [0.25, 0.3) is 0 Å². The van der Waals surface area contributed by atoms with Gasteiger partial charge in [-0.3, -0.25) is 0 Å². The molecule has 0 radical (unpaired) electrons. The average molecular weight is 424 g/mol. The first-order valence-corrected chi connectivity index (χ1v) is 9.49. The summed E-state index contributed by atoms with van der Waals surface area (Å²) in [7, 11) is -0.945. The molecule has 1 aliphatic heterocycles. The number of halogens is 2. The lowest BCUT2D eigenvalue weighted by Crippen LogP contribution is -2.50. The standard InChI is InChI=1S/C14H19BrFN3O4S/c1-18(2)24(22,23)17-11-6-7-19(14(20)21)12(11)8-9-4-3-5-10(15)13(9)16/h3-5,11-12,17H,6-8H2,1-2H3,(H,20,21)/t11-,12-/m0/s1. The molecule has 1 aromatic rings. The second kappa shape index (κ2) is 7.34. The number of carbonyl (C=O) groups is 1. The molecule has 1 aromatic carbocycles. The van der Waals surface area contributed by atoms with Gasteiger partial charge >= 0.3 is 6.09 Å². The SMILES string of the molecule is CN(C)S(=O)(=O)N[C@H]1CCN(C(=O)O)[C@H]1Cc1cccc(Br)c1F. The smallest absolute Gasteiger partial charge is 0.407 e. The molecule has 1 saturated heterocycles. The third-order valence-corrected chi connectivity index (χ3v) is 6.21. The van der Waals surface area contributed by atoms with Gasteiger partial charge in [-0.25, -0.2) is 9.18 Å². The van der Waals surface area contributed by atoms with Crippen LogP contribution in [0.2, 0.25) is 0 Å². The van der Waals surface area contributed by atoms with Gasteiger partial charge in [0.2, 0.25) is 0 Å². The van der Waals surface area contributed by atoms with Crippen LogP contribution in [0.3, 0.4) is 0 Å².